The molecule has 1 saturated heterocycles. The van der Waals surface area contributed by atoms with Crippen LogP contribution >= 0.6 is 24.0 Å². The topological polar surface area (TPSA) is 84.4 Å². The molecule has 178 valence electrons. The highest BCUT2D eigenvalue weighted by molar-refractivity contribution is 14.0. The standard InChI is InChI=1S/C21H42N4O4.HI/c1-7-22-19(23-11-9-12-27-16-18-10-8-13-28-18)24-14-17(2)15-25(6)20(26)29-21(3,4)5;/h17-18H,7-16H2,1-6H3,(H2,22,23,24);1H. The summed E-state index contributed by atoms with van der Waals surface area (Å²) in [4.78, 5) is 18.3. The second-order valence-electron chi connectivity index (χ2n) is 8.68. The Balaban J connectivity index is 0.00000841. The number of amides is 1. The molecule has 0 aliphatic carbocycles. The van der Waals surface area contributed by atoms with Gasteiger partial charge < -0.3 is 29.7 Å². The number of carbonyl (C=O) groups is 1. The number of carbonyl (C=O) groups excluding carboxylic acids is 1. The molecule has 1 fully saturated rings. The Morgan fingerprint density at radius 3 is 2.67 bits per heavy atom. The first-order valence-electron chi connectivity index (χ1n) is 10.9. The molecule has 30 heavy (non-hydrogen) atoms. The molecule has 0 spiro atoms. The molecule has 0 aromatic carbocycles. The van der Waals surface area contributed by atoms with Crippen LogP contribution in [-0.2, 0) is 14.2 Å². The zero-order valence-electron chi connectivity index (χ0n) is 19.7. The second kappa shape index (κ2) is 15.9. The van der Waals surface area contributed by atoms with Crippen molar-refractivity contribution in [3.63, 3.8) is 0 Å². The van der Waals surface area contributed by atoms with E-state index >= 15 is 0 Å². The number of aliphatic imine (C=N–C) groups is 1. The first kappa shape index (κ1) is 29.2. The monoisotopic (exact) mass is 542 g/mol. The van der Waals surface area contributed by atoms with E-state index < -0.39 is 5.60 Å². The van der Waals surface area contributed by atoms with E-state index in [-0.39, 0.29) is 42.1 Å². The van der Waals surface area contributed by atoms with Crippen molar-refractivity contribution in [2.45, 2.75) is 65.6 Å². The van der Waals surface area contributed by atoms with Gasteiger partial charge in [-0.1, -0.05) is 6.92 Å². The van der Waals surface area contributed by atoms with Gasteiger partial charge in [0.15, 0.2) is 5.96 Å². The largest absolute Gasteiger partial charge is 0.444 e. The van der Waals surface area contributed by atoms with Gasteiger partial charge in [0.2, 0.25) is 0 Å². The van der Waals surface area contributed by atoms with E-state index in [1.54, 1.807) is 11.9 Å². The average Bonchev–Trinajstić information content (AvgIpc) is 3.14. The SMILES string of the molecule is CCNC(=NCC(C)CN(C)C(=O)OC(C)(C)C)NCCCOCC1CCCO1.I. The van der Waals surface area contributed by atoms with Crippen LogP contribution in [0.5, 0.6) is 0 Å². The fraction of sp³-hybridized carbons (Fsp3) is 0.905. The minimum Gasteiger partial charge on any atom is -0.444 e. The number of halogens is 1. The predicted octanol–water partition coefficient (Wildman–Crippen LogP) is 3.25. The zero-order valence-corrected chi connectivity index (χ0v) is 22.0. The molecular weight excluding hydrogens is 499 g/mol. The van der Waals surface area contributed by atoms with Crippen molar-refractivity contribution in [3.05, 3.63) is 0 Å². The Morgan fingerprint density at radius 2 is 2.07 bits per heavy atom. The fourth-order valence-corrected chi connectivity index (χ4v) is 2.90. The van der Waals surface area contributed by atoms with E-state index in [1.807, 2.05) is 27.7 Å². The molecular formula is C21H43IN4O4. The average molecular weight is 543 g/mol. The lowest BCUT2D eigenvalue weighted by Gasteiger charge is -2.26. The van der Waals surface area contributed by atoms with E-state index in [4.69, 9.17) is 14.2 Å². The molecule has 1 aliphatic rings. The van der Waals surface area contributed by atoms with Crippen LogP contribution in [0.25, 0.3) is 0 Å². The molecule has 1 rings (SSSR count). The van der Waals surface area contributed by atoms with Crippen LogP contribution in [0.1, 0.15) is 53.9 Å². The van der Waals surface area contributed by atoms with E-state index in [1.165, 1.54) is 0 Å². The maximum Gasteiger partial charge on any atom is 0.410 e. The van der Waals surface area contributed by atoms with E-state index in [2.05, 4.69) is 22.5 Å². The van der Waals surface area contributed by atoms with E-state index in [0.717, 1.165) is 44.9 Å². The predicted molar refractivity (Wildman–Crippen MR) is 132 cm³/mol. The summed E-state index contributed by atoms with van der Waals surface area (Å²) in [6.45, 7) is 14.8. The fourth-order valence-electron chi connectivity index (χ4n) is 2.90. The minimum atomic E-state index is -0.483. The third-order valence-corrected chi connectivity index (χ3v) is 4.28. The summed E-state index contributed by atoms with van der Waals surface area (Å²) in [6, 6.07) is 0. The first-order chi connectivity index (χ1) is 13.7. The minimum absolute atomic E-state index is 0. The summed E-state index contributed by atoms with van der Waals surface area (Å²) in [5, 5.41) is 6.59. The van der Waals surface area contributed by atoms with Gasteiger partial charge in [-0.15, -0.1) is 24.0 Å². The van der Waals surface area contributed by atoms with Crippen LogP contribution in [0.2, 0.25) is 0 Å². The van der Waals surface area contributed by atoms with E-state index in [9.17, 15) is 4.79 Å². The van der Waals surface area contributed by atoms with Gasteiger partial charge in [0.05, 0.1) is 12.7 Å². The van der Waals surface area contributed by atoms with Gasteiger partial charge in [-0.2, -0.15) is 0 Å². The zero-order chi connectivity index (χ0) is 21.7. The summed E-state index contributed by atoms with van der Waals surface area (Å²) in [6.07, 6.45) is 3.14. The van der Waals surface area contributed by atoms with Crippen molar-refractivity contribution in [3.8, 4) is 0 Å². The van der Waals surface area contributed by atoms with Crippen molar-refractivity contribution < 1.29 is 19.0 Å². The lowest BCUT2D eigenvalue weighted by atomic mass is 10.2. The highest BCUT2D eigenvalue weighted by Gasteiger charge is 2.20. The normalized spacial score (nSPS) is 17.8. The molecule has 0 bridgehead atoms. The van der Waals surface area contributed by atoms with Crippen LogP contribution in [0, 0.1) is 5.92 Å². The molecule has 2 unspecified atom stereocenters. The summed E-state index contributed by atoms with van der Waals surface area (Å²) < 4.78 is 16.6. The quantitative estimate of drug-likeness (QED) is 0.181. The maximum atomic E-state index is 12.1. The van der Waals surface area contributed by atoms with Crippen LogP contribution in [0.4, 0.5) is 4.79 Å². The Kier molecular flexibility index (Phi) is 15.5. The van der Waals surface area contributed by atoms with Gasteiger partial charge in [-0.3, -0.25) is 4.99 Å². The van der Waals surface area contributed by atoms with Gasteiger partial charge in [0.1, 0.15) is 5.60 Å². The van der Waals surface area contributed by atoms with Crippen molar-refractivity contribution in [2.75, 3.05) is 53.0 Å². The number of nitrogens with one attached hydrogen (secondary N) is 2. The number of rotatable bonds is 11. The van der Waals surface area contributed by atoms with Crippen molar-refractivity contribution >= 4 is 36.0 Å². The lowest BCUT2D eigenvalue weighted by Crippen LogP contribution is -2.39. The van der Waals surface area contributed by atoms with Crippen LogP contribution in [0.15, 0.2) is 4.99 Å². The third kappa shape index (κ3) is 14.2. The van der Waals surface area contributed by atoms with Crippen LogP contribution in [-0.4, -0.2) is 81.7 Å². The highest BCUT2D eigenvalue weighted by atomic mass is 127. The smallest absolute Gasteiger partial charge is 0.410 e. The molecule has 8 nitrogen and oxygen atoms in total. The molecule has 1 aliphatic heterocycles. The third-order valence-electron chi connectivity index (χ3n) is 4.28. The summed E-state index contributed by atoms with van der Waals surface area (Å²) >= 11 is 0. The van der Waals surface area contributed by atoms with Gasteiger partial charge in [-0.25, -0.2) is 4.79 Å². The van der Waals surface area contributed by atoms with Crippen molar-refractivity contribution in [2.24, 2.45) is 10.9 Å². The second-order valence-corrected chi connectivity index (χ2v) is 8.68. The van der Waals surface area contributed by atoms with Gasteiger partial charge in [0.25, 0.3) is 0 Å². The van der Waals surface area contributed by atoms with Gasteiger partial charge in [-0.05, 0) is 52.9 Å². The molecule has 0 radical (unpaired) electrons. The molecule has 0 aromatic rings. The molecule has 2 N–H and O–H groups in total. The summed E-state index contributed by atoms with van der Waals surface area (Å²) in [7, 11) is 1.76. The number of hydrogen-bond acceptors (Lipinski definition) is 5. The molecule has 9 heteroatoms. The molecule has 2 atom stereocenters. The molecule has 1 heterocycles. The van der Waals surface area contributed by atoms with Gasteiger partial charge in [0, 0.05) is 46.4 Å². The molecule has 0 aromatic heterocycles. The van der Waals surface area contributed by atoms with Crippen molar-refractivity contribution in [1.29, 1.82) is 0 Å². The van der Waals surface area contributed by atoms with Gasteiger partial charge >= 0.3 is 6.09 Å². The van der Waals surface area contributed by atoms with Crippen molar-refractivity contribution in [1.82, 2.24) is 15.5 Å². The lowest BCUT2D eigenvalue weighted by molar-refractivity contribution is 0.0168. The first-order valence-corrected chi connectivity index (χ1v) is 10.9. The highest BCUT2D eigenvalue weighted by Crippen LogP contribution is 2.12. The Hall–Kier alpha value is -0.810. The maximum absolute atomic E-state index is 12.1. The summed E-state index contributed by atoms with van der Waals surface area (Å²) in [5.74, 6) is 1.01. The molecule has 1 amide bonds. The number of guanidine groups is 1. The van der Waals surface area contributed by atoms with Crippen LogP contribution < -0.4 is 10.6 Å². The molecule has 0 saturated carbocycles. The number of hydrogen-bond donors (Lipinski definition) is 2. The van der Waals surface area contributed by atoms with Crippen LogP contribution in [0.3, 0.4) is 0 Å². The number of nitrogens with zero attached hydrogens (tertiary/aromatic N) is 2. The Labute approximate surface area is 199 Å². The summed E-state index contributed by atoms with van der Waals surface area (Å²) in [5.41, 5.74) is -0.483. The number of ether oxygens (including phenoxy) is 3. The Morgan fingerprint density at radius 1 is 1.33 bits per heavy atom. The van der Waals surface area contributed by atoms with E-state index in [0.29, 0.717) is 26.3 Å². The Bertz CT molecular complexity index is 494.